The fraction of sp³-hybridized carbons (Fsp3) is 0.100. The maximum Gasteiger partial charge on any atom is 0.166 e. The predicted octanol–water partition coefficient (Wildman–Crippen LogP) is 6.18. The van der Waals surface area contributed by atoms with E-state index in [1.165, 1.54) is 36.4 Å². The standard InChI is InChI=1S/C20H14F4/c1-2-3-4-12-9-17(22)19(18(23)10-12)14-5-7-15-13(11-14)6-8-16(21)20(15)24/h2,5-11H,1,3-4H2. The smallest absolute Gasteiger partial charge is 0.166 e. The first kappa shape index (κ1) is 16.2. The normalized spacial score (nSPS) is 11.0. The molecule has 0 unspecified atom stereocenters. The van der Waals surface area contributed by atoms with Gasteiger partial charge in [0, 0.05) is 5.39 Å². The van der Waals surface area contributed by atoms with Crippen LogP contribution in [0.5, 0.6) is 0 Å². The zero-order chi connectivity index (χ0) is 17.3. The Morgan fingerprint density at radius 2 is 1.54 bits per heavy atom. The summed E-state index contributed by atoms with van der Waals surface area (Å²) in [5.41, 5.74) is 0.644. The highest BCUT2D eigenvalue weighted by molar-refractivity contribution is 5.88. The van der Waals surface area contributed by atoms with Gasteiger partial charge < -0.3 is 0 Å². The fourth-order valence-corrected chi connectivity index (χ4v) is 2.74. The Labute approximate surface area is 137 Å². The minimum Gasteiger partial charge on any atom is -0.206 e. The molecule has 24 heavy (non-hydrogen) atoms. The minimum absolute atomic E-state index is 0.0715. The quantitative estimate of drug-likeness (QED) is 0.396. The van der Waals surface area contributed by atoms with Crippen molar-refractivity contribution in [2.45, 2.75) is 12.8 Å². The van der Waals surface area contributed by atoms with Crippen LogP contribution in [-0.2, 0) is 6.42 Å². The van der Waals surface area contributed by atoms with E-state index in [0.29, 0.717) is 23.8 Å². The molecule has 122 valence electrons. The average Bonchev–Trinajstić information content (AvgIpc) is 2.56. The van der Waals surface area contributed by atoms with Crippen LogP contribution in [-0.4, -0.2) is 0 Å². The van der Waals surface area contributed by atoms with Crippen molar-refractivity contribution < 1.29 is 17.6 Å². The summed E-state index contributed by atoms with van der Waals surface area (Å²) in [4.78, 5) is 0. The van der Waals surface area contributed by atoms with Gasteiger partial charge in [-0.2, -0.15) is 0 Å². The van der Waals surface area contributed by atoms with Crippen molar-refractivity contribution in [1.29, 1.82) is 0 Å². The summed E-state index contributed by atoms with van der Waals surface area (Å²) in [5.74, 6) is -3.30. The molecule has 3 rings (SSSR count). The fourth-order valence-electron chi connectivity index (χ4n) is 2.74. The molecule has 0 heterocycles. The highest BCUT2D eigenvalue weighted by atomic mass is 19.2. The van der Waals surface area contributed by atoms with Crippen molar-refractivity contribution in [1.82, 2.24) is 0 Å². The van der Waals surface area contributed by atoms with Gasteiger partial charge in [-0.3, -0.25) is 0 Å². The lowest BCUT2D eigenvalue weighted by Gasteiger charge is -2.10. The van der Waals surface area contributed by atoms with Gasteiger partial charge in [-0.25, -0.2) is 17.6 Å². The largest absolute Gasteiger partial charge is 0.206 e. The molecule has 3 aromatic carbocycles. The predicted molar refractivity (Wildman–Crippen MR) is 87.7 cm³/mol. The van der Waals surface area contributed by atoms with Gasteiger partial charge in [-0.1, -0.05) is 24.3 Å². The van der Waals surface area contributed by atoms with E-state index in [-0.39, 0.29) is 16.5 Å². The summed E-state index contributed by atoms with van der Waals surface area (Å²) in [6.45, 7) is 3.58. The topological polar surface area (TPSA) is 0 Å². The average molecular weight is 330 g/mol. The zero-order valence-corrected chi connectivity index (χ0v) is 12.8. The molecular formula is C20H14F4. The molecule has 0 saturated carbocycles. The van der Waals surface area contributed by atoms with E-state index in [0.717, 1.165) is 6.07 Å². The molecule has 0 spiro atoms. The molecule has 0 atom stereocenters. The summed E-state index contributed by atoms with van der Waals surface area (Å²) >= 11 is 0. The van der Waals surface area contributed by atoms with E-state index in [1.807, 2.05) is 0 Å². The number of rotatable bonds is 4. The lowest BCUT2D eigenvalue weighted by molar-refractivity contribution is 0.517. The molecule has 0 amide bonds. The van der Waals surface area contributed by atoms with Crippen LogP contribution in [0.15, 0.2) is 55.1 Å². The summed E-state index contributed by atoms with van der Waals surface area (Å²) in [7, 11) is 0. The Balaban J connectivity index is 2.10. The lowest BCUT2D eigenvalue weighted by atomic mass is 9.98. The molecule has 0 bridgehead atoms. The maximum atomic E-state index is 14.4. The summed E-state index contributed by atoms with van der Waals surface area (Å²) in [6.07, 6.45) is 2.81. The molecule has 3 aromatic rings. The number of hydrogen-bond donors (Lipinski definition) is 0. The van der Waals surface area contributed by atoms with Crippen LogP contribution in [0.1, 0.15) is 12.0 Å². The van der Waals surface area contributed by atoms with Gasteiger partial charge in [0.15, 0.2) is 11.6 Å². The van der Waals surface area contributed by atoms with E-state index >= 15 is 0 Å². The zero-order valence-electron chi connectivity index (χ0n) is 12.8. The molecule has 0 aliphatic heterocycles. The molecule has 0 aliphatic rings. The van der Waals surface area contributed by atoms with Crippen molar-refractivity contribution >= 4 is 10.8 Å². The third-order valence-corrected chi connectivity index (χ3v) is 3.93. The number of allylic oxidation sites excluding steroid dienone is 1. The second-order valence-corrected chi connectivity index (χ2v) is 5.56. The van der Waals surface area contributed by atoms with Crippen molar-refractivity contribution in [3.05, 3.63) is 84.0 Å². The molecule has 0 fully saturated rings. The number of hydrogen-bond acceptors (Lipinski definition) is 0. The van der Waals surface area contributed by atoms with Gasteiger partial charge in [0.05, 0.1) is 5.56 Å². The van der Waals surface area contributed by atoms with Gasteiger partial charge in [0.1, 0.15) is 11.6 Å². The van der Waals surface area contributed by atoms with Crippen LogP contribution in [0.2, 0.25) is 0 Å². The Morgan fingerprint density at radius 3 is 2.21 bits per heavy atom. The van der Waals surface area contributed by atoms with Gasteiger partial charge >= 0.3 is 0 Å². The van der Waals surface area contributed by atoms with E-state index in [2.05, 4.69) is 6.58 Å². The third-order valence-electron chi connectivity index (χ3n) is 3.93. The summed E-state index contributed by atoms with van der Waals surface area (Å²) in [6, 6.07) is 9.11. The van der Waals surface area contributed by atoms with E-state index in [4.69, 9.17) is 0 Å². The lowest BCUT2D eigenvalue weighted by Crippen LogP contribution is -1.95. The van der Waals surface area contributed by atoms with Gasteiger partial charge in [0.2, 0.25) is 0 Å². The SMILES string of the molecule is C=CCCc1cc(F)c(-c2ccc3c(F)c(F)ccc3c2)c(F)c1. The van der Waals surface area contributed by atoms with Crippen LogP contribution in [0.25, 0.3) is 21.9 Å². The monoisotopic (exact) mass is 330 g/mol. The number of aryl methyl sites for hydroxylation is 1. The van der Waals surface area contributed by atoms with E-state index in [9.17, 15) is 17.6 Å². The molecular weight excluding hydrogens is 316 g/mol. The van der Waals surface area contributed by atoms with Crippen LogP contribution in [0.3, 0.4) is 0 Å². The first-order chi connectivity index (χ1) is 11.5. The van der Waals surface area contributed by atoms with Crippen LogP contribution < -0.4 is 0 Å². The van der Waals surface area contributed by atoms with Gasteiger partial charge in [-0.15, -0.1) is 6.58 Å². The van der Waals surface area contributed by atoms with Crippen LogP contribution >= 0.6 is 0 Å². The number of halogens is 4. The third kappa shape index (κ3) is 2.92. The number of fused-ring (bicyclic) bond motifs is 1. The van der Waals surface area contributed by atoms with Crippen molar-refractivity contribution in [2.75, 3.05) is 0 Å². The van der Waals surface area contributed by atoms with Crippen molar-refractivity contribution in [3.63, 3.8) is 0 Å². The Bertz CT molecular complexity index is 905. The molecule has 0 aromatic heterocycles. The maximum absolute atomic E-state index is 14.4. The van der Waals surface area contributed by atoms with Crippen LogP contribution in [0.4, 0.5) is 17.6 Å². The first-order valence-electron chi connectivity index (χ1n) is 7.48. The summed E-state index contributed by atoms with van der Waals surface area (Å²) < 4.78 is 55.7. The highest BCUT2D eigenvalue weighted by Gasteiger charge is 2.15. The van der Waals surface area contributed by atoms with Crippen LogP contribution in [0, 0.1) is 23.3 Å². The molecule has 0 nitrogen and oxygen atoms in total. The molecule has 0 aliphatic carbocycles. The van der Waals surface area contributed by atoms with Crippen molar-refractivity contribution in [2.24, 2.45) is 0 Å². The second-order valence-electron chi connectivity index (χ2n) is 5.56. The Morgan fingerprint density at radius 1 is 0.833 bits per heavy atom. The Kier molecular flexibility index (Phi) is 4.38. The minimum atomic E-state index is -0.972. The first-order valence-corrected chi connectivity index (χ1v) is 7.48. The number of benzene rings is 3. The highest BCUT2D eigenvalue weighted by Crippen LogP contribution is 2.31. The van der Waals surface area contributed by atoms with E-state index < -0.39 is 23.3 Å². The second kappa shape index (κ2) is 6.48. The van der Waals surface area contributed by atoms with Crippen molar-refractivity contribution in [3.8, 4) is 11.1 Å². The van der Waals surface area contributed by atoms with Gasteiger partial charge in [0.25, 0.3) is 0 Å². The van der Waals surface area contributed by atoms with Gasteiger partial charge in [-0.05, 0) is 53.6 Å². The molecule has 0 saturated heterocycles. The van der Waals surface area contributed by atoms with E-state index in [1.54, 1.807) is 6.08 Å². The summed E-state index contributed by atoms with van der Waals surface area (Å²) in [5, 5.41) is 0.447. The molecule has 0 N–H and O–H groups in total. The Hall–Kier alpha value is -2.62. The molecule has 0 radical (unpaired) electrons. The molecule has 4 heteroatoms.